The van der Waals surface area contributed by atoms with E-state index in [1.807, 2.05) is 0 Å². The molecule has 1 saturated carbocycles. The van der Waals surface area contributed by atoms with Gasteiger partial charge in [-0.1, -0.05) is 0 Å². The van der Waals surface area contributed by atoms with Gasteiger partial charge in [0, 0.05) is 6.07 Å². The minimum Gasteiger partial charge on any atom is -0.477 e. The quantitative estimate of drug-likeness (QED) is 0.721. The SMILES string of the molecule is Nc1ccc(=O)[nH]c1OCC1CC1. The van der Waals surface area contributed by atoms with Gasteiger partial charge in [0.1, 0.15) is 0 Å². The summed E-state index contributed by atoms with van der Waals surface area (Å²) in [4.78, 5) is 13.5. The third-order valence-corrected chi connectivity index (χ3v) is 2.07. The van der Waals surface area contributed by atoms with E-state index in [0.29, 0.717) is 24.1 Å². The molecule has 1 heterocycles. The topological polar surface area (TPSA) is 68.1 Å². The van der Waals surface area contributed by atoms with E-state index < -0.39 is 0 Å². The number of aromatic amines is 1. The molecule has 0 bridgehead atoms. The van der Waals surface area contributed by atoms with Gasteiger partial charge < -0.3 is 10.5 Å². The van der Waals surface area contributed by atoms with Gasteiger partial charge in [-0.3, -0.25) is 9.78 Å². The van der Waals surface area contributed by atoms with Gasteiger partial charge in [0.25, 0.3) is 5.56 Å². The molecule has 1 fully saturated rings. The van der Waals surface area contributed by atoms with Crippen molar-refractivity contribution in [3.63, 3.8) is 0 Å². The predicted octanol–water partition coefficient (Wildman–Crippen LogP) is 0.746. The maximum Gasteiger partial charge on any atom is 0.250 e. The number of anilines is 1. The smallest absolute Gasteiger partial charge is 0.250 e. The van der Waals surface area contributed by atoms with Gasteiger partial charge in [-0.05, 0) is 24.8 Å². The highest BCUT2D eigenvalue weighted by molar-refractivity contribution is 5.46. The Morgan fingerprint density at radius 1 is 1.54 bits per heavy atom. The third-order valence-electron chi connectivity index (χ3n) is 2.07. The Kier molecular flexibility index (Phi) is 1.96. The van der Waals surface area contributed by atoms with Gasteiger partial charge >= 0.3 is 0 Å². The van der Waals surface area contributed by atoms with Gasteiger partial charge in [0.2, 0.25) is 5.88 Å². The fourth-order valence-corrected chi connectivity index (χ4v) is 1.07. The highest BCUT2D eigenvalue weighted by atomic mass is 16.5. The van der Waals surface area contributed by atoms with Crippen molar-refractivity contribution in [2.45, 2.75) is 12.8 Å². The molecule has 70 valence electrons. The second-order valence-electron chi connectivity index (χ2n) is 3.36. The number of pyridine rings is 1. The summed E-state index contributed by atoms with van der Waals surface area (Å²) in [5, 5.41) is 0. The first-order chi connectivity index (χ1) is 6.25. The lowest BCUT2D eigenvalue weighted by Gasteiger charge is -2.06. The van der Waals surface area contributed by atoms with Crippen LogP contribution in [0.15, 0.2) is 16.9 Å². The molecule has 1 aliphatic carbocycles. The lowest BCUT2D eigenvalue weighted by Crippen LogP contribution is -2.10. The van der Waals surface area contributed by atoms with E-state index in [9.17, 15) is 4.79 Å². The van der Waals surface area contributed by atoms with Gasteiger partial charge in [-0.2, -0.15) is 0 Å². The van der Waals surface area contributed by atoms with Crippen molar-refractivity contribution < 1.29 is 4.74 Å². The van der Waals surface area contributed by atoms with Crippen LogP contribution in [-0.2, 0) is 0 Å². The fraction of sp³-hybridized carbons (Fsp3) is 0.444. The first kappa shape index (κ1) is 8.16. The molecule has 0 amide bonds. The number of H-pyrrole nitrogens is 1. The molecule has 0 saturated heterocycles. The van der Waals surface area contributed by atoms with E-state index >= 15 is 0 Å². The first-order valence-electron chi connectivity index (χ1n) is 4.37. The zero-order chi connectivity index (χ0) is 9.26. The van der Waals surface area contributed by atoms with Gasteiger partial charge in [-0.15, -0.1) is 0 Å². The van der Waals surface area contributed by atoms with Crippen LogP contribution in [0.25, 0.3) is 0 Å². The number of hydrogen-bond acceptors (Lipinski definition) is 3. The Labute approximate surface area is 75.7 Å². The zero-order valence-electron chi connectivity index (χ0n) is 7.25. The van der Waals surface area contributed by atoms with Crippen molar-refractivity contribution in [1.29, 1.82) is 0 Å². The van der Waals surface area contributed by atoms with E-state index in [1.54, 1.807) is 6.07 Å². The first-order valence-corrected chi connectivity index (χ1v) is 4.37. The lowest BCUT2D eigenvalue weighted by molar-refractivity contribution is 0.289. The van der Waals surface area contributed by atoms with Crippen LogP contribution < -0.4 is 16.0 Å². The highest BCUT2D eigenvalue weighted by Gasteiger charge is 2.22. The number of nitrogen functional groups attached to an aromatic ring is 1. The average molecular weight is 180 g/mol. The number of aromatic nitrogens is 1. The number of hydrogen-bond donors (Lipinski definition) is 2. The second-order valence-corrected chi connectivity index (χ2v) is 3.36. The van der Waals surface area contributed by atoms with Crippen molar-refractivity contribution in [1.82, 2.24) is 4.98 Å². The molecule has 4 heteroatoms. The number of ether oxygens (including phenoxy) is 1. The van der Waals surface area contributed by atoms with E-state index in [1.165, 1.54) is 18.9 Å². The summed E-state index contributed by atoms with van der Waals surface area (Å²) in [6.07, 6.45) is 2.44. The molecule has 1 aromatic rings. The molecule has 0 aliphatic heterocycles. The zero-order valence-corrected chi connectivity index (χ0v) is 7.25. The van der Waals surface area contributed by atoms with Crippen LogP contribution in [0, 0.1) is 5.92 Å². The number of nitrogens with one attached hydrogen (secondary N) is 1. The minimum absolute atomic E-state index is 0.181. The van der Waals surface area contributed by atoms with Crippen LogP contribution in [0.1, 0.15) is 12.8 Å². The maximum atomic E-state index is 10.9. The monoisotopic (exact) mass is 180 g/mol. The molecule has 2 rings (SSSR count). The Hall–Kier alpha value is -1.45. The van der Waals surface area contributed by atoms with E-state index in [2.05, 4.69) is 4.98 Å². The van der Waals surface area contributed by atoms with Crippen LogP contribution >= 0.6 is 0 Å². The molecule has 0 unspecified atom stereocenters. The van der Waals surface area contributed by atoms with Gasteiger partial charge in [-0.25, -0.2) is 0 Å². The molecular weight excluding hydrogens is 168 g/mol. The summed E-state index contributed by atoms with van der Waals surface area (Å²) >= 11 is 0. The van der Waals surface area contributed by atoms with E-state index in [4.69, 9.17) is 10.5 Å². The summed E-state index contributed by atoms with van der Waals surface area (Å²) < 4.78 is 5.36. The van der Waals surface area contributed by atoms with Crippen molar-refractivity contribution in [3.05, 3.63) is 22.5 Å². The van der Waals surface area contributed by atoms with Crippen LogP contribution in [0.5, 0.6) is 5.88 Å². The number of rotatable bonds is 3. The van der Waals surface area contributed by atoms with E-state index in [-0.39, 0.29) is 5.56 Å². The van der Waals surface area contributed by atoms with E-state index in [0.717, 1.165) is 0 Å². The summed E-state index contributed by atoms with van der Waals surface area (Å²) in [5.41, 5.74) is 5.91. The molecule has 0 radical (unpaired) electrons. The largest absolute Gasteiger partial charge is 0.477 e. The molecule has 0 spiro atoms. The number of nitrogens with two attached hydrogens (primary N) is 1. The van der Waals surface area contributed by atoms with Crippen molar-refractivity contribution >= 4 is 5.69 Å². The minimum atomic E-state index is -0.181. The second kappa shape index (κ2) is 3.12. The summed E-state index contributed by atoms with van der Waals surface area (Å²) in [6, 6.07) is 2.94. The average Bonchev–Trinajstić information content (AvgIpc) is 2.90. The van der Waals surface area contributed by atoms with Crippen LogP contribution in [0.2, 0.25) is 0 Å². The molecule has 0 aromatic carbocycles. The highest BCUT2D eigenvalue weighted by Crippen LogP contribution is 2.29. The Morgan fingerprint density at radius 3 is 3.00 bits per heavy atom. The van der Waals surface area contributed by atoms with Crippen LogP contribution in [-0.4, -0.2) is 11.6 Å². The molecule has 4 nitrogen and oxygen atoms in total. The maximum absolute atomic E-state index is 10.9. The Balaban J connectivity index is 2.08. The molecule has 1 aromatic heterocycles. The van der Waals surface area contributed by atoms with Crippen molar-refractivity contribution in [2.75, 3.05) is 12.3 Å². The Morgan fingerprint density at radius 2 is 2.31 bits per heavy atom. The van der Waals surface area contributed by atoms with Gasteiger partial charge in [0.15, 0.2) is 0 Å². The lowest BCUT2D eigenvalue weighted by atomic mass is 10.4. The van der Waals surface area contributed by atoms with Crippen LogP contribution in [0.4, 0.5) is 5.69 Å². The fourth-order valence-electron chi connectivity index (χ4n) is 1.07. The van der Waals surface area contributed by atoms with Crippen LogP contribution in [0.3, 0.4) is 0 Å². The molecule has 3 N–H and O–H groups in total. The third kappa shape index (κ3) is 2.02. The summed E-state index contributed by atoms with van der Waals surface area (Å²) in [7, 11) is 0. The molecule has 1 aliphatic rings. The van der Waals surface area contributed by atoms with Gasteiger partial charge in [0.05, 0.1) is 12.3 Å². The molecular formula is C9H12N2O2. The summed E-state index contributed by atoms with van der Waals surface area (Å²) in [5.74, 6) is 1.06. The van der Waals surface area contributed by atoms with Crippen molar-refractivity contribution in [3.8, 4) is 5.88 Å². The Bertz CT molecular complexity index is 355. The van der Waals surface area contributed by atoms with Crippen molar-refractivity contribution in [2.24, 2.45) is 5.92 Å². The normalized spacial score (nSPS) is 15.7. The predicted molar refractivity (Wildman–Crippen MR) is 49.7 cm³/mol. The molecule has 13 heavy (non-hydrogen) atoms. The summed E-state index contributed by atoms with van der Waals surface area (Å²) in [6.45, 7) is 0.657. The standard InChI is InChI=1S/C9H12N2O2/c10-7-3-4-8(12)11-9(7)13-5-6-1-2-6/h3-4,6H,1-2,5,10H2,(H,11,12). The molecule has 0 atom stereocenters.